The zero-order chi connectivity index (χ0) is 12.2. The predicted octanol–water partition coefficient (Wildman–Crippen LogP) is 2.06. The minimum atomic E-state index is 0.0506. The number of hydrogen-bond donors (Lipinski definition) is 0. The van der Waals surface area contributed by atoms with Gasteiger partial charge in [0.2, 0.25) is 0 Å². The molecule has 1 aromatic heterocycles. The Labute approximate surface area is 111 Å². The van der Waals surface area contributed by atoms with Crippen LogP contribution >= 0.6 is 27.5 Å². The molecule has 3 nitrogen and oxygen atoms in total. The van der Waals surface area contributed by atoms with Crippen molar-refractivity contribution < 1.29 is 4.74 Å². The summed E-state index contributed by atoms with van der Waals surface area (Å²) in [6.07, 6.45) is 4.46. The molecule has 1 aliphatic rings. The Hall–Kier alpha value is -0.940. The number of aromatic nitrogens is 2. The van der Waals surface area contributed by atoms with Crippen molar-refractivity contribution in [1.82, 2.24) is 9.59 Å². The van der Waals surface area contributed by atoms with E-state index in [1.165, 1.54) is 11.5 Å². The third-order valence-corrected chi connectivity index (χ3v) is 4.44. The number of fused-ring (bicyclic) bond motifs is 2. The topological polar surface area (TPSA) is 35.0 Å². The number of rotatable bonds is 1. The second-order valence-corrected chi connectivity index (χ2v) is 6.28. The van der Waals surface area contributed by atoms with Crippen LogP contribution in [0, 0.1) is 5.41 Å². The first-order valence-electron chi connectivity index (χ1n) is 5.27. The van der Waals surface area contributed by atoms with E-state index in [0.29, 0.717) is 0 Å². The molecule has 0 radical (unpaired) electrons. The maximum atomic E-state index is 5.54. The summed E-state index contributed by atoms with van der Waals surface area (Å²) >= 11 is 4.99. The molecule has 0 aliphatic heterocycles. The summed E-state index contributed by atoms with van der Waals surface area (Å²) in [5, 5.41) is 6.46. The molecule has 0 amide bonds. The van der Waals surface area contributed by atoms with E-state index in [1.54, 1.807) is 7.11 Å². The van der Waals surface area contributed by atoms with Crippen LogP contribution in [-0.4, -0.2) is 16.7 Å². The van der Waals surface area contributed by atoms with E-state index in [1.807, 2.05) is 0 Å². The fraction of sp³-hybridized carbons (Fsp3) is 0.333. The summed E-state index contributed by atoms with van der Waals surface area (Å²) in [4.78, 5) is 0. The van der Waals surface area contributed by atoms with Gasteiger partial charge in [0.1, 0.15) is 16.0 Å². The standard InChI is InChI=1S/C12H11BrN2OS/c1-12(2)4-6-7(5-12)10(16-3)11-9(8(6)13)14-15-17-11/h4-5H,1-3H3. The van der Waals surface area contributed by atoms with Crippen molar-refractivity contribution in [3.63, 3.8) is 0 Å². The van der Waals surface area contributed by atoms with E-state index in [9.17, 15) is 0 Å². The van der Waals surface area contributed by atoms with Gasteiger partial charge in [0.05, 0.1) is 11.6 Å². The molecule has 5 heteroatoms. The molecular weight excluding hydrogens is 300 g/mol. The van der Waals surface area contributed by atoms with Crippen molar-refractivity contribution in [2.24, 2.45) is 5.41 Å². The van der Waals surface area contributed by atoms with Gasteiger partial charge in [-0.05, 0) is 32.7 Å². The Balaban J connectivity index is 2.60. The van der Waals surface area contributed by atoms with E-state index in [0.717, 1.165) is 30.9 Å². The lowest BCUT2D eigenvalue weighted by molar-refractivity contribution is 0.416. The van der Waals surface area contributed by atoms with Crippen molar-refractivity contribution >= 4 is 49.8 Å². The lowest BCUT2D eigenvalue weighted by Crippen LogP contribution is -2.25. The highest BCUT2D eigenvalue weighted by Crippen LogP contribution is 2.31. The zero-order valence-corrected chi connectivity index (χ0v) is 12.1. The molecule has 17 heavy (non-hydrogen) atoms. The molecule has 2 aromatic rings. The minimum Gasteiger partial charge on any atom is -0.494 e. The van der Waals surface area contributed by atoms with Crippen LogP contribution in [-0.2, 0) is 0 Å². The van der Waals surface area contributed by atoms with Gasteiger partial charge in [-0.25, -0.2) is 0 Å². The van der Waals surface area contributed by atoms with Crippen LogP contribution in [0.1, 0.15) is 13.8 Å². The number of hydrogen-bond acceptors (Lipinski definition) is 4. The molecule has 0 atom stereocenters. The summed E-state index contributed by atoms with van der Waals surface area (Å²) in [7, 11) is 1.70. The summed E-state index contributed by atoms with van der Waals surface area (Å²) in [6.45, 7) is 4.36. The monoisotopic (exact) mass is 310 g/mol. The molecule has 3 rings (SSSR count). The average Bonchev–Trinajstić information content (AvgIpc) is 2.83. The molecule has 0 spiro atoms. The molecule has 88 valence electrons. The fourth-order valence-corrected chi connectivity index (χ4v) is 3.69. The molecule has 1 aromatic carbocycles. The van der Waals surface area contributed by atoms with Gasteiger partial charge in [0, 0.05) is 10.6 Å². The molecule has 1 aliphatic carbocycles. The van der Waals surface area contributed by atoms with Gasteiger partial charge in [-0.2, -0.15) is 0 Å². The van der Waals surface area contributed by atoms with Crippen LogP contribution in [0.3, 0.4) is 0 Å². The second kappa shape index (κ2) is 3.53. The number of methoxy groups -OCH3 is 1. The maximum Gasteiger partial charge on any atom is 0.147 e. The van der Waals surface area contributed by atoms with Crippen LogP contribution in [0.25, 0.3) is 22.4 Å². The van der Waals surface area contributed by atoms with E-state index >= 15 is 0 Å². The van der Waals surface area contributed by atoms with Crippen molar-refractivity contribution in [2.45, 2.75) is 13.8 Å². The number of halogens is 1. The smallest absolute Gasteiger partial charge is 0.147 e. The van der Waals surface area contributed by atoms with Crippen LogP contribution in [0.15, 0.2) is 4.47 Å². The van der Waals surface area contributed by atoms with Gasteiger partial charge < -0.3 is 4.74 Å². The molecule has 1 heterocycles. The Kier molecular flexibility index (Phi) is 2.32. The van der Waals surface area contributed by atoms with Gasteiger partial charge >= 0.3 is 0 Å². The third kappa shape index (κ3) is 1.52. The summed E-state index contributed by atoms with van der Waals surface area (Å²) < 4.78 is 11.6. The quantitative estimate of drug-likeness (QED) is 0.809. The van der Waals surface area contributed by atoms with Gasteiger partial charge in [-0.15, -0.1) is 5.10 Å². The Morgan fingerprint density at radius 2 is 2.00 bits per heavy atom. The largest absolute Gasteiger partial charge is 0.494 e. The van der Waals surface area contributed by atoms with Crippen LogP contribution < -0.4 is 15.2 Å². The van der Waals surface area contributed by atoms with E-state index < -0.39 is 0 Å². The second-order valence-electron chi connectivity index (χ2n) is 4.74. The summed E-state index contributed by atoms with van der Waals surface area (Å²) in [6, 6.07) is 0. The molecular formula is C12H11BrN2OS. The molecule has 0 unspecified atom stereocenters. The fourth-order valence-electron chi connectivity index (χ4n) is 2.25. The van der Waals surface area contributed by atoms with Crippen molar-refractivity contribution in [2.75, 3.05) is 7.11 Å². The predicted molar refractivity (Wildman–Crippen MR) is 73.6 cm³/mol. The zero-order valence-electron chi connectivity index (χ0n) is 9.74. The third-order valence-electron chi connectivity index (χ3n) is 2.91. The Morgan fingerprint density at radius 1 is 1.29 bits per heavy atom. The van der Waals surface area contributed by atoms with Gasteiger partial charge in [-0.3, -0.25) is 0 Å². The normalized spacial score (nSPS) is 16.5. The first-order chi connectivity index (χ1) is 8.03. The lowest BCUT2D eigenvalue weighted by atomic mass is 9.96. The molecule has 0 saturated carbocycles. The van der Waals surface area contributed by atoms with E-state index in [4.69, 9.17) is 4.74 Å². The molecule has 0 bridgehead atoms. The first-order valence-corrected chi connectivity index (χ1v) is 6.83. The first kappa shape index (κ1) is 11.2. The Morgan fingerprint density at radius 3 is 2.71 bits per heavy atom. The van der Waals surface area contributed by atoms with Crippen LogP contribution in [0.5, 0.6) is 5.75 Å². The highest BCUT2D eigenvalue weighted by atomic mass is 79.9. The summed E-state index contributed by atoms with van der Waals surface area (Å²) in [5.74, 6) is 0.884. The van der Waals surface area contributed by atoms with Gasteiger partial charge in [0.25, 0.3) is 0 Å². The van der Waals surface area contributed by atoms with Gasteiger partial charge in [0.15, 0.2) is 0 Å². The van der Waals surface area contributed by atoms with Gasteiger partial charge in [-0.1, -0.05) is 30.5 Å². The molecule has 0 saturated heterocycles. The van der Waals surface area contributed by atoms with E-state index in [-0.39, 0.29) is 5.41 Å². The van der Waals surface area contributed by atoms with Crippen molar-refractivity contribution in [3.05, 3.63) is 14.9 Å². The SMILES string of the molecule is COc1c2c(c(Br)c3nnsc13)=CC(C)(C)C=2. The lowest BCUT2D eigenvalue weighted by Gasteiger charge is -2.09. The molecule has 0 N–H and O–H groups in total. The highest BCUT2D eigenvalue weighted by Gasteiger charge is 2.22. The number of nitrogens with zero attached hydrogens (tertiary/aromatic N) is 2. The molecule has 0 fully saturated rings. The minimum absolute atomic E-state index is 0.0506. The van der Waals surface area contributed by atoms with Crippen LogP contribution in [0.4, 0.5) is 0 Å². The Bertz CT molecular complexity index is 733. The average molecular weight is 311 g/mol. The van der Waals surface area contributed by atoms with E-state index in [2.05, 4.69) is 51.5 Å². The summed E-state index contributed by atoms with van der Waals surface area (Å²) in [5.41, 5.74) is 0.933. The highest BCUT2D eigenvalue weighted by molar-refractivity contribution is 9.10. The van der Waals surface area contributed by atoms with Crippen molar-refractivity contribution in [1.29, 1.82) is 0 Å². The number of benzene rings is 1. The number of ether oxygens (including phenoxy) is 1. The van der Waals surface area contributed by atoms with Crippen molar-refractivity contribution in [3.8, 4) is 5.75 Å². The van der Waals surface area contributed by atoms with Crippen LogP contribution in [0.2, 0.25) is 0 Å². The maximum absolute atomic E-state index is 5.54.